The van der Waals surface area contributed by atoms with E-state index in [1.165, 1.54) is 9.13 Å². The molecular weight excluding hydrogens is 1210 g/mol. The van der Waals surface area contributed by atoms with E-state index in [9.17, 15) is 24.5 Å². The molecule has 0 N–H and O–H groups in total. The number of rotatable bonds is 8. The lowest BCUT2D eigenvalue weighted by molar-refractivity contribution is 0.569. The first-order valence-corrected chi connectivity index (χ1v) is 33.5. The number of benzene rings is 14. The Bertz CT molecular complexity index is 7000. The molecule has 3 aromatic heterocycles. The molecule has 0 saturated heterocycles. The van der Waals surface area contributed by atoms with E-state index in [1.807, 2.05) is 127 Å². The lowest BCUT2D eigenvalue weighted by Crippen LogP contribution is -2.61. The van der Waals surface area contributed by atoms with Gasteiger partial charge in [-0.15, -0.1) is 0 Å². The molecule has 14 aromatic carbocycles. The van der Waals surface area contributed by atoms with E-state index in [0.29, 0.717) is 50.7 Å². The van der Waals surface area contributed by atoms with Crippen LogP contribution in [0, 0.1) is 11.3 Å². The Hall–Kier alpha value is -12.4. The molecule has 2 aliphatic rings. The van der Waals surface area contributed by atoms with Crippen molar-refractivity contribution < 1.29 is 21.9 Å². The third-order valence-corrected chi connectivity index (χ3v) is 20.2. The van der Waals surface area contributed by atoms with Gasteiger partial charge in [0, 0.05) is 72.1 Å². The van der Waals surface area contributed by atoms with Crippen molar-refractivity contribution in [2.75, 3.05) is 9.80 Å². The Morgan fingerprint density at radius 1 is 0.310 bits per heavy atom. The zero-order valence-corrected chi connectivity index (χ0v) is 55.5. The molecule has 0 atom stereocenters. The fourth-order valence-corrected chi connectivity index (χ4v) is 15.4. The average molecular weight is 1300 g/mol. The molecule has 17 aromatic rings. The average Bonchev–Trinajstić information content (AvgIpc) is 1.35. The van der Waals surface area contributed by atoms with Gasteiger partial charge in [-0.05, 0) is 175 Å². The molecule has 474 valence electrons. The quantitative estimate of drug-likeness (QED) is 0.142. The third kappa shape index (κ3) is 9.17. The highest BCUT2D eigenvalue weighted by Crippen LogP contribution is 2.51. The van der Waals surface area contributed by atoms with Gasteiger partial charge in [0.25, 0.3) is 6.71 Å². The first-order valence-electron chi connectivity index (χ1n) is 41.5. The first kappa shape index (κ1) is 44.5. The summed E-state index contributed by atoms with van der Waals surface area (Å²) in [6, 6.07) is 64.2. The van der Waals surface area contributed by atoms with E-state index in [1.54, 1.807) is 6.07 Å². The molecule has 2 aliphatic heterocycles. The Balaban J connectivity index is 1.03. The normalized spacial score (nSPS) is 15.1. The molecule has 7 heteroatoms. The molecule has 0 radical (unpaired) electrons. The Kier molecular flexibility index (Phi) is 9.93. The van der Waals surface area contributed by atoms with E-state index in [-0.39, 0.29) is 71.4 Å². The topological polar surface area (TPSA) is 45.1 Å². The fraction of sp³-hybridized carbons (Fsp3) is 0.0860. The first-order chi connectivity index (χ1) is 55.5. The highest BCUT2D eigenvalue weighted by molar-refractivity contribution is 7.00. The Labute approximate surface area is 605 Å². The van der Waals surface area contributed by atoms with Crippen LogP contribution in [0.2, 0.25) is 0 Å². The fourth-order valence-electron chi connectivity index (χ4n) is 15.4. The molecule has 5 heterocycles. The minimum Gasteiger partial charge on any atom is -0.311 e. The van der Waals surface area contributed by atoms with Crippen molar-refractivity contribution in [3.63, 3.8) is 0 Å². The highest BCUT2D eigenvalue weighted by atomic mass is 15.2. The summed E-state index contributed by atoms with van der Waals surface area (Å²) in [6.07, 6.45) is 0. The maximum Gasteiger partial charge on any atom is 0.252 e. The van der Waals surface area contributed by atoms with Crippen LogP contribution in [0.15, 0.2) is 309 Å². The van der Waals surface area contributed by atoms with Crippen molar-refractivity contribution in [2.45, 2.75) is 52.4 Å². The Morgan fingerprint density at radius 3 is 1.23 bits per heavy atom. The van der Waals surface area contributed by atoms with Crippen LogP contribution >= 0.6 is 0 Å². The predicted molar refractivity (Wildman–Crippen MR) is 422 cm³/mol. The van der Waals surface area contributed by atoms with Gasteiger partial charge in [-0.1, -0.05) is 248 Å². The van der Waals surface area contributed by atoms with Crippen molar-refractivity contribution in [1.29, 1.82) is 5.26 Å². The molecule has 0 fully saturated rings. The number of fused-ring (bicyclic) bond motifs is 13. The van der Waals surface area contributed by atoms with E-state index >= 15 is 0 Å². The van der Waals surface area contributed by atoms with Gasteiger partial charge < -0.3 is 23.5 Å². The third-order valence-electron chi connectivity index (χ3n) is 20.2. The summed E-state index contributed by atoms with van der Waals surface area (Å²) in [5.41, 5.74) is 14.3. The number of para-hydroxylation sites is 6. The monoisotopic (exact) mass is 1300 g/mol. The van der Waals surface area contributed by atoms with Gasteiger partial charge >= 0.3 is 0 Å². The van der Waals surface area contributed by atoms with Crippen molar-refractivity contribution >= 4 is 123 Å². The predicted octanol–water partition coefficient (Wildman–Crippen LogP) is 22.5. The highest BCUT2D eigenvalue weighted by Gasteiger charge is 2.45. The zero-order chi connectivity index (χ0) is 81.2. The number of nitriles is 1. The number of hydrogen-bond donors (Lipinski definition) is 0. The second-order valence-electron chi connectivity index (χ2n) is 28.1. The van der Waals surface area contributed by atoms with Crippen molar-refractivity contribution in [3.8, 4) is 56.5 Å². The van der Waals surface area contributed by atoms with Gasteiger partial charge in [-0.25, -0.2) is 0 Å². The van der Waals surface area contributed by atoms with Crippen molar-refractivity contribution in [2.24, 2.45) is 0 Å². The smallest absolute Gasteiger partial charge is 0.252 e. The maximum atomic E-state index is 12.1. The number of aromatic nitrogens is 3. The van der Waals surface area contributed by atoms with E-state index in [2.05, 4.69) is 141 Å². The molecule has 0 unspecified atom stereocenters. The summed E-state index contributed by atoms with van der Waals surface area (Å²) in [4.78, 5) is 4.16. The SMILES string of the molecule is [2H]c1c([2H])c([2H])c2c(c1[2H])c1c([2H])c([2H])c([2H])c([2H])c1n2-c1ccc2c(c1)N(c1cc(-c3ccccc3)cc(-c3ccccc3)c1)c1cc(-n3c4c([2H])c([2H])c([2H])c([2H])c4c4c([2H])c([2H])c([2H])c([2H])c43)cc3c1B2c1ccc(-c2cc(C(C)(C)C)cc(C(C)(C)C)c2)cc1N3c1cc(-n2c3ccccc3c3ccccc32)ccc1C#N. The molecule has 0 spiro atoms. The number of nitrogens with zero attached hydrogens (tertiary/aromatic N) is 6. The van der Waals surface area contributed by atoms with Crippen LogP contribution in [-0.2, 0) is 10.8 Å². The molecule has 19 rings (SSSR count). The lowest BCUT2D eigenvalue weighted by atomic mass is 9.33. The standard InChI is InChI=1S/C93H69BN6/c1-92(2,3)66-48-65(49-67(53-66)93(4,5)6)61-42-45-78-87(52-61)100(86-54-68(43-41-62(86)58-95)96-80-35-19-13-29-72(80)73-30-14-20-36-81(73)96)90-57-71(98-84-39-23-17-33-76(84)77-34-18-24-40-85(77)98)56-89-91(90)94(78)79-46-44-69(97-82-37-21-15-31-74(82)75-32-16-22-38-83(75)97)55-88(79)99(89)70-50-63(59-25-9-7-10-26-59)47-64(51-70)60-27-11-8-12-28-60/h7-57H,1-6H3/i15D,16D,17D,18D,21D,22D,23D,24D,31D,32D,33D,34D,37D,38D,39D,40D. The van der Waals surface area contributed by atoms with Crippen molar-refractivity contribution in [3.05, 3.63) is 326 Å². The van der Waals surface area contributed by atoms with Gasteiger partial charge in [-0.2, -0.15) is 5.26 Å². The van der Waals surface area contributed by atoms with Crippen LogP contribution in [-0.4, -0.2) is 20.4 Å². The summed E-state index contributed by atoms with van der Waals surface area (Å²) >= 11 is 0. The van der Waals surface area contributed by atoms with E-state index in [4.69, 9.17) is 2.74 Å². The van der Waals surface area contributed by atoms with Crippen LogP contribution in [0.3, 0.4) is 0 Å². The van der Waals surface area contributed by atoms with Crippen molar-refractivity contribution in [1.82, 2.24) is 13.7 Å². The minimum atomic E-state index is -0.821. The van der Waals surface area contributed by atoms with Crippen LogP contribution in [0.4, 0.5) is 34.1 Å². The maximum absolute atomic E-state index is 12.1. The molecular formula is C93H69BN6. The molecule has 0 bridgehead atoms. The van der Waals surface area contributed by atoms with Crippen LogP contribution in [0.5, 0.6) is 0 Å². The van der Waals surface area contributed by atoms with Gasteiger partial charge in [0.1, 0.15) is 6.07 Å². The van der Waals surface area contributed by atoms with Gasteiger partial charge in [0.15, 0.2) is 0 Å². The lowest BCUT2D eigenvalue weighted by Gasteiger charge is -2.45. The molecule has 0 saturated carbocycles. The zero-order valence-electron chi connectivity index (χ0n) is 71.5. The molecule has 0 amide bonds. The van der Waals surface area contributed by atoms with Gasteiger partial charge in [0.05, 0.1) is 72.0 Å². The van der Waals surface area contributed by atoms with Crippen LogP contribution in [0.25, 0.3) is 116 Å². The number of anilines is 6. The van der Waals surface area contributed by atoms with Gasteiger partial charge in [-0.3, -0.25) is 0 Å². The second kappa shape index (κ2) is 22.3. The van der Waals surface area contributed by atoms with E-state index < -0.39 is 103 Å². The Morgan fingerprint density at radius 2 is 0.720 bits per heavy atom. The molecule has 100 heavy (non-hydrogen) atoms. The summed E-state index contributed by atoms with van der Waals surface area (Å²) in [5, 5.41) is 13.5. The van der Waals surface area contributed by atoms with E-state index in [0.717, 1.165) is 71.8 Å². The van der Waals surface area contributed by atoms with Crippen LogP contribution < -0.4 is 26.2 Å². The number of hydrogen-bond acceptors (Lipinski definition) is 3. The second-order valence-corrected chi connectivity index (χ2v) is 28.1. The summed E-state index contributed by atoms with van der Waals surface area (Å²) in [5.74, 6) is 0. The largest absolute Gasteiger partial charge is 0.311 e. The summed E-state index contributed by atoms with van der Waals surface area (Å²) in [7, 11) is 0. The molecule has 6 nitrogen and oxygen atoms in total. The minimum absolute atomic E-state index is 0.101. The van der Waals surface area contributed by atoms with Crippen LogP contribution in [0.1, 0.15) is 80.2 Å². The molecule has 0 aliphatic carbocycles. The van der Waals surface area contributed by atoms with Gasteiger partial charge in [0.2, 0.25) is 0 Å². The summed E-state index contributed by atoms with van der Waals surface area (Å²) in [6.45, 7) is 12.3. The summed E-state index contributed by atoms with van der Waals surface area (Å²) < 4.78 is 158.